The van der Waals surface area contributed by atoms with Gasteiger partial charge in [-0.3, -0.25) is 24.0 Å². The Morgan fingerprint density at radius 3 is 2.09 bits per heavy atom. The minimum absolute atomic E-state index is 0.000725. The molecule has 4 N–H and O–H groups in total. The number of aromatic hydroxyl groups is 1. The van der Waals surface area contributed by atoms with Crippen LogP contribution in [0.4, 0.5) is 5.69 Å². The number of hydrogen-bond donors (Lipinski definition) is 4. The Balaban J connectivity index is 1.46. The standard InChI is InChI=1S/C48H59N3O13/c1-24-12-11-13-25(2)47(59)49-37-38(51-21-19-50(20-22-51)31-14-16-32(60-9)17-15-31)43(57)34-35(42(37)56)41(55)29(6)45-36(34)46(58)48(8,64-45)62-23-18-33(61-10)26(3)44(63-30(7)52)28(5)40(54)27(4)39(24)53/h11-18,23-24,26-28,33,39-40,44,53-55H,19-22H2,1-10H3,(H,49,59)/b12-11?,23-18-,25-13-/t24-,26+,27+,28-,33-,39-,40-,44+,48-/m0/s1. The van der Waals surface area contributed by atoms with E-state index >= 15 is 4.79 Å². The van der Waals surface area contributed by atoms with Crippen LogP contribution in [0.5, 0.6) is 17.2 Å². The van der Waals surface area contributed by atoms with Gasteiger partial charge in [0.05, 0.1) is 48.4 Å². The molecule has 0 radical (unpaired) electrons. The van der Waals surface area contributed by atoms with E-state index in [4.69, 9.17) is 23.7 Å². The molecule has 5 bridgehead atoms. The SMILES string of the molecule is COc1ccc(N2CCN(C3=C4NC(=O)/C(C)=C\C=C[C@H](C)[C@H](O)[C@@H](C)[C@H](O)[C@H](C)[C@H](OC(C)=O)[C@H](C)[C@@H](OC)/C=C\O[C@@]5(C)Oc6c(C)c(O)c(c(c6C5=O)C3=O)C4=O)CC2)cc1. The van der Waals surface area contributed by atoms with Gasteiger partial charge < -0.3 is 54.1 Å². The first-order chi connectivity index (χ1) is 30.3. The number of piperazine rings is 1. The number of ketones is 3. The number of carbonyl (C=O) groups is 5. The summed E-state index contributed by atoms with van der Waals surface area (Å²) >= 11 is 0. The highest BCUT2D eigenvalue weighted by Crippen LogP contribution is 2.49. The number of esters is 1. The zero-order valence-electron chi connectivity index (χ0n) is 38.0. The lowest BCUT2D eigenvalue weighted by Gasteiger charge is -2.39. The average molecular weight is 886 g/mol. The van der Waals surface area contributed by atoms with Gasteiger partial charge in [0.15, 0.2) is 0 Å². The van der Waals surface area contributed by atoms with Crippen molar-refractivity contribution in [2.75, 3.05) is 45.3 Å². The van der Waals surface area contributed by atoms with Crippen molar-refractivity contribution in [1.82, 2.24) is 10.2 Å². The monoisotopic (exact) mass is 885 g/mol. The number of benzene rings is 2. The van der Waals surface area contributed by atoms with E-state index in [0.29, 0.717) is 18.8 Å². The molecule has 1 aliphatic carbocycles. The van der Waals surface area contributed by atoms with Crippen molar-refractivity contribution in [3.63, 3.8) is 0 Å². The molecular weight excluding hydrogens is 827 g/mol. The Bertz CT molecular complexity index is 2310. The number of aliphatic hydroxyl groups excluding tert-OH is 2. The van der Waals surface area contributed by atoms with Crippen LogP contribution in [0.1, 0.15) is 85.1 Å². The van der Waals surface area contributed by atoms with Crippen molar-refractivity contribution >= 4 is 34.9 Å². The maximum Gasteiger partial charge on any atom is 0.312 e. The number of fused-ring (bicyclic) bond motifs is 14. The van der Waals surface area contributed by atoms with Crippen LogP contribution in [0.3, 0.4) is 0 Å². The van der Waals surface area contributed by atoms with Gasteiger partial charge in [-0.25, -0.2) is 0 Å². The summed E-state index contributed by atoms with van der Waals surface area (Å²) in [7, 11) is 3.01. The number of methoxy groups -OCH3 is 2. The number of allylic oxidation sites excluding steroid dienone is 4. The molecular formula is C48H59N3O13. The Morgan fingerprint density at radius 2 is 1.48 bits per heavy atom. The fraction of sp³-hybridized carbons (Fsp3) is 0.479. The van der Waals surface area contributed by atoms with Crippen LogP contribution in [0.2, 0.25) is 0 Å². The van der Waals surface area contributed by atoms with Gasteiger partial charge in [-0.15, -0.1) is 0 Å². The second-order valence-corrected chi connectivity index (χ2v) is 17.2. The highest BCUT2D eigenvalue weighted by atomic mass is 16.7. The van der Waals surface area contributed by atoms with E-state index in [2.05, 4.69) is 10.2 Å². The fourth-order valence-electron chi connectivity index (χ4n) is 8.96. The summed E-state index contributed by atoms with van der Waals surface area (Å²) in [4.78, 5) is 74.5. The number of aliphatic hydroxyl groups is 2. The molecule has 1 amide bonds. The molecule has 1 fully saturated rings. The minimum Gasteiger partial charge on any atom is -0.507 e. The summed E-state index contributed by atoms with van der Waals surface area (Å²) < 4.78 is 29.0. The maximum absolute atomic E-state index is 15.1. The fourth-order valence-corrected chi connectivity index (χ4v) is 8.96. The average Bonchev–Trinajstić information content (AvgIpc) is 3.54. The van der Waals surface area contributed by atoms with E-state index in [1.807, 2.05) is 24.3 Å². The first-order valence-corrected chi connectivity index (χ1v) is 21.4. The van der Waals surface area contributed by atoms with Crippen molar-refractivity contribution in [3.8, 4) is 17.2 Å². The molecule has 64 heavy (non-hydrogen) atoms. The molecule has 4 aliphatic heterocycles. The zero-order valence-corrected chi connectivity index (χ0v) is 38.0. The lowest BCUT2D eigenvalue weighted by Crippen LogP contribution is -2.50. The number of carbonyl (C=O) groups excluding carboxylic acids is 5. The summed E-state index contributed by atoms with van der Waals surface area (Å²) in [6, 6.07) is 7.51. The Kier molecular flexibility index (Phi) is 14.1. The molecule has 0 spiro atoms. The topological polar surface area (TPSA) is 211 Å². The summed E-state index contributed by atoms with van der Waals surface area (Å²) in [6.07, 6.45) is 3.44. The third-order valence-corrected chi connectivity index (χ3v) is 13.0. The lowest BCUT2D eigenvalue weighted by molar-refractivity contribution is -0.160. The van der Waals surface area contributed by atoms with Gasteiger partial charge >= 0.3 is 11.8 Å². The van der Waals surface area contributed by atoms with E-state index < -0.39 is 94.4 Å². The predicted molar refractivity (Wildman–Crippen MR) is 235 cm³/mol. The van der Waals surface area contributed by atoms with Gasteiger partial charge in [0, 0.05) is 87.6 Å². The van der Waals surface area contributed by atoms with Crippen LogP contribution in [0.15, 0.2) is 71.8 Å². The van der Waals surface area contributed by atoms with Gasteiger partial charge in [-0.1, -0.05) is 45.9 Å². The number of rotatable bonds is 5. The third-order valence-electron chi connectivity index (χ3n) is 13.0. The highest BCUT2D eigenvalue weighted by molar-refractivity contribution is 6.32. The predicted octanol–water partition coefficient (Wildman–Crippen LogP) is 4.79. The van der Waals surface area contributed by atoms with Crippen LogP contribution in [0.25, 0.3) is 0 Å². The van der Waals surface area contributed by atoms with Crippen LogP contribution in [-0.4, -0.2) is 120 Å². The number of nitrogens with one attached hydrogen (secondary N) is 1. The number of ether oxygens (including phenoxy) is 5. The van der Waals surface area contributed by atoms with Crippen LogP contribution in [-0.2, 0) is 23.8 Å². The quantitative estimate of drug-likeness (QED) is 0.298. The third kappa shape index (κ3) is 8.91. The molecule has 0 saturated carbocycles. The van der Waals surface area contributed by atoms with Crippen LogP contribution in [0, 0.1) is 30.6 Å². The summed E-state index contributed by atoms with van der Waals surface area (Å²) in [5.41, 5.74) is -0.540. The second-order valence-electron chi connectivity index (χ2n) is 17.2. The maximum atomic E-state index is 15.1. The molecule has 16 nitrogen and oxygen atoms in total. The van der Waals surface area contributed by atoms with Crippen molar-refractivity contribution < 1.29 is 63.0 Å². The molecule has 0 unspecified atom stereocenters. The molecule has 2 aromatic carbocycles. The molecule has 9 atom stereocenters. The summed E-state index contributed by atoms with van der Waals surface area (Å²) in [6.45, 7) is 13.8. The first-order valence-electron chi connectivity index (χ1n) is 21.4. The van der Waals surface area contributed by atoms with E-state index in [-0.39, 0.29) is 52.5 Å². The van der Waals surface area contributed by atoms with E-state index in [1.54, 1.807) is 51.9 Å². The van der Waals surface area contributed by atoms with Crippen molar-refractivity contribution in [3.05, 3.63) is 94.1 Å². The second kappa shape index (κ2) is 19.0. The first kappa shape index (κ1) is 47.5. The number of phenolic OH excluding ortho intramolecular Hbond substituents is 1. The van der Waals surface area contributed by atoms with Gasteiger partial charge in [0.25, 0.3) is 11.7 Å². The minimum atomic E-state index is -2.09. The van der Waals surface area contributed by atoms with Gasteiger partial charge in [-0.2, -0.15) is 0 Å². The normalized spacial score (nSPS) is 30.6. The van der Waals surface area contributed by atoms with Crippen LogP contribution >= 0.6 is 0 Å². The molecule has 1 saturated heterocycles. The van der Waals surface area contributed by atoms with Crippen LogP contribution < -0.4 is 19.7 Å². The molecule has 2 aromatic rings. The number of phenols is 1. The molecule has 7 rings (SSSR count). The molecule has 0 aromatic heterocycles. The molecule has 4 heterocycles. The molecule has 5 aliphatic rings. The Morgan fingerprint density at radius 1 is 0.844 bits per heavy atom. The zero-order chi connectivity index (χ0) is 46.9. The molecule has 344 valence electrons. The largest absolute Gasteiger partial charge is 0.507 e. The van der Waals surface area contributed by atoms with E-state index in [9.17, 15) is 34.5 Å². The summed E-state index contributed by atoms with van der Waals surface area (Å²) in [5.74, 6) is -8.47. The van der Waals surface area contributed by atoms with Crippen molar-refractivity contribution in [1.29, 1.82) is 0 Å². The van der Waals surface area contributed by atoms with Crippen molar-refractivity contribution in [2.24, 2.45) is 23.7 Å². The number of hydrogen-bond acceptors (Lipinski definition) is 15. The van der Waals surface area contributed by atoms with E-state index in [1.165, 1.54) is 53.2 Å². The van der Waals surface area contributed by atoms with Gasteiger partial charge in [-0.05, 0) is 44.2 Å². The number of amides is 1. The van der Waals surface area contributed by atoms with Gasteiger partial charge in [0.2, 0.25) is 11.6 Å². The highest BCUT2D eigenvalue weighted by Gasteiger charge is 2.53. The molecule has 16 heteroatoms. The number of Topliss-reactive ketones (excluding diaryl/α,β-unsaturated/α-hetero) is 3. The number of nitrogens with zero attached hydrogens (tertiary/aromatic N) is 2. The number of anilines is 1. The summed E-state index contributed by atoms with van der Waals surface area (Å²) in [5, 5.41) is 37.3. The van der Waals surface area contributed by atoms with Crippen molar-refractivity contribution in [2.45, 2.75) is 85.6 Å². The van der Waals surface area contributed by atoms with E-state index in [0.717, 1.165) is 5.69 Å². The Hall–Kier alpha value is -5.97. The lowest BCUT2D eigenvalue weighted by atomic mass is 9.78. The Labute approximate surface area is 373 Å². The van der Waals surface area contributed by atoms with Gasteiger partial charge in [0.1, 0.15) is 34.7 Å². The smallest absolute Gasteiger partial charge is 0.312 e.